The number of aryl methyl sites for hydroxylation is 3. The van der Waals surface area contributed by atoms with Gasteiger partial charge in [-0.2, -0.15) is 5.26 Å². The molecular weight excluding hydrogens is 303 g/mol. The van der Waals surface area contributed by atoms with Crippen molar-refractivity contribution in [2.75, 3.05) is 6.61 Å². The average molecular weight is 322 g/mol. The number of aromatic nitrogens is 1. The van der Waals surface area contributed by atoms with E-state index >= 15 is 0 Å². The molecule has 122 valence electrons. The van der Waals surface area contributed by atoms with Crippen molar-refractivity contribution in [3.8, 4) is 17.2 Å². The van der Waals surface area contributed by atoms with Crippen molar-refractivity contribution < 1.29 is 9.50 Å². The first-order chi connectivity index (χ1) is 11.6. The fraction of sp³-hybridized carbons (Fsp3) is 0.250. The minimum atomic E-state index is -0.238. The lowest BCUT2D eigenvalue weighted by Gasteiger charge is -2.05. The summed E-state index contributed by atoms with van der Waals surface area (Å²) in [4.78, 5) is 0. The quantitative estimate of drug-likeness (QED) is 0.778. The monoisotopic (exact) mass is 322 g/mol. The molecule has 0 spiro atoms. The molecule has 0 bridgehead atoms. The largest absolute Gasteiger partial charge is 0.396 e. The van der Waals surface area contributed by atoms with Gasteiger partial charge in [0.2, 0.25) is 0 Å². The molecule has 0 aliphatic carbocycles. The first-order valence-corrected chi connectivity index (χ1v) is 7.96. The van der Waals surface area contributed by atoms with Gasteiger partial charge in [-0.3, -0.25) is 0 Å². The fourth-order valence-corrected chi connectivity index (χ4v) is 3.06. The van der Waals surface area contributed by atoms with E-state index in [1.165, 1.54) is 0 Å². The van der Waals surface area contributed by atoms with Crippen LogP contribution in [0.25, 0.3) is 22.0 Å². The van der Waals surface area contributed by atoms with Crippen molar-refractivity contribution in [1.82, 2.24) is 4.57 Å². The van der Waals surface area contributed by atoms with Gasteiger partial charge >= 0.3 is 0 Å². The van der Waals surface area contributed by atoms with Crippen LogP contribution in [0.4, 0.5) is 4.39 Å². The molecule has 0 saturated heterocycles. The van der Waals surface area contributed by atoms with Gasteiger partial charge in [-0.1, -0.05) is 18.2 Å². The Morgan fingerprint density at radius 3 is 2.67 bits per heavy atom. The first-order valence-electron chi connectivity index (χ1n) is 7.96. The van der Waals surface area contributed by atoms with Gasteiger partial charge < -0.3 is 9.67 Å². The highest BCUT2D eigenvalue weighted by Crippen LogP contribution is 2.34. The Morgan fingerprint density at radius 1 is 1.17 bits per heavy atom. The zero-order valence-electron chi connectivity index (χ0n) is 13.8. The van der Waals surface area contributed by atoms with Crippen molar-refractivity contribution in [3.05, 3.63) is 59.0 Å². The summed E-state index contributed by atoms with van der Waals surface area (Å²) in [5, 5.41) is 19.3. The molecule has 3 aromatic rings. The number of benzene rings is 2. The molecule has 0 aliphatic heterocycles. The van der Waals surface area contributed by atoms with Crippen molar-refractivity contribution in [3.63, 3.8) is 0 Å². The zero-order chi connectivity index (χ0) is 17.3. The predicted octanol–water partition coefficient (Wildman–Crippen LogP) is 4.32. The molecule has 0 atom stereocenters. The van der Waals surface area contributed by atoms with E-state index in [1.54, 1.807) is 19.1 Å². The Kier molecular flexibility index (Phi) is 4.37. The molecule has 0 saturated carbocycles. The summed E-state index contributed by atoms with van der Waals surface area (Å²) in [5.74, 6) is -0.238. The Morgan fingerprint density at radius 2 is 1.96 bits per heavy atom. The molecule has 0 radical (unpaired) electrons. The van der Waals surface area contributed by atoms with Crippen LogP contribution in [0.15, 0.2) is 36.5 Å². The number of halogens is 1. The van der Waals surface area contributed by atoms with Crippen LogP contribution >= 0.6 is 0 Å². The number of fused-ring (bicyclic) bond motifs is 1. The van der Waals surface area contributed by atoms with Crippen LogP contribution < -0.4 is 0 Å². The SMILES string of the molecule is Cc1cc2c(cc1C#N)c(-c1cccc(C)c1F)cn2CCCO. The van der Waals surface area contributed by atoms with Crippen LogP contribution in [0.3, 0.4) is 0 Å². The third-order valence-electron chi connectivity index (χ3n) is 4.39. The molecule has 3 nitrogen and oxygen atoms in total. The molecule has 0 unspecified atom stereocenters. The average Bonchev–Trinajstić information content (AvgIpc) is 2.92. The van der Waals surface area contributed by atoms with E-state index in [1.807, 2.05) is 35.9 Å². The van der Waals surface area contributed by atoms with Gasteiger partial charge in [0.05, 0.1) is 11.6 Å². The second kappa shape index (κ2) is 6.46. The summed E-state index contributed by atoms with van der Waals surface area (Å²) in [6.45, 7) is 4.39. The molecule has 1 N–H and O–H groups in total. The van der Waals surface area contributed by atoms with E-state index in [4.69, 9.17) is 5.11 Å². The number of aliphatic hydroxyl groups excluding tert-OH is 1. The van der Waals surface area contributed by atoms with Gasteiger partial charge in [0, 0.05) is 41.4 Å². The molecule has 0 fully saturated rings. The second-order valence-electron chi connectivity index (χ2n) is 6.05. The van der Waals surface area contributed by atoms with Gasteiger partial charge in [0.25, 0.3) is 0 Å². The summed E-state index contributed by atoms with van der Waals surface area (Å²) in [6, 6.07) is 11.3. The Labute approximate surface area is 140 Å². The van der Waals surface area contributed by atoms with Crippen LogP contribution in [-0.4, -0.2) is 16.3 Å². The van der Waals surface area contributed by atoms with E-state index in [9.17, 15) is 9.65 Å². The smallest absolute Gasteiger partial charge is 0.134 e. The van der Waals surface area contributed by atoms with Gasteiger partial charge in [0.15, 0.2) is 0 Å². The molecular formula is C20H19FN2O. The summed E-state index contributed by atoms with van der Waals surface area (Å²) < 4.78 is 16.6. The van der Waals surface area contributed by atoms with Crippen molar-refractivity contribution in [2.45, 2.75) is 26.8 Å². The first kappa shape index (κ1) is 16.2. The highest BCUT2D eigenvalue weighted by molar-refractivity contribution is 5.97. The van der Waals surface area contributed by atoms with Crippen molar-refractivity contribution >= 4 is 10.9 Å². The van der Waals surface area contributed by atoms with Gasteiger partial charge in [-0.25, -0.2) is 4.39 Å². The fourth-order valence-electron chi connectivity index (χ4n) is 3.06. The lowest BCUT2D eigenvalue weighted by atomic mass is 9.99. The topological polar surface area (TPSA) is 49.0 Å². The lowest BCUT2D eigenvalue weighted by Crippen LogP contribution is -1.98. The number of nitriles is 1. The van der Waals surface area contributed by atoms with Crippen LogP contribution in [0.1, 0.15) is 23.1 Å². The standard InChI is InChI=1S/C20H19FN2O/c1-13-5-3-6-16(20(13)21)18-12-23(7-4-8-24)19-9-14(2)15(11-22)10-17(18)19/h3,5-6,9-10,12,24H,4,7-8H2,1-2H3. The third-order valence-corrected chi connectivity index (χ3v) is 4.39. The lowest BCUT2D eigenvalue weighted by molar-refractivity contribution is 0.280. The predicted molar refractivity (Wildman–Crippen MR) is 93.2 cm³/mol. The number of hydrogen-bond acceptors (Lipinski definition) is 2. The molecule has 1 aromatic heterocycles. The van der Waals surface area contributed by atoms with Gasteiger partial charge in [-0.05, 0) is 43.5 Å². The Bertz CT molecular complexity index is 950. The number of aliphatic hydroxyl groups is 1. The molecule has 24 heavy (non-hydrogen) atoms. The minimum Gasteiger partial charge on any atom is -0.396 e. The molecule has 0 amide bonds. The summed E-state index contributed by atoms with van der Waals surface area (Å²) in [7, 11) is 0. The van der Waals surface area contributed by atoms with Crippen molar-refractivity contribution in [1.29, 1.82) is 5.26 Å². The molecule has 2 aromatic carbocycles. The Hall–Kier alpha value is -2.64. The molecule has 0 aliphatic rings. The highest BCUT2D eigenvalue weighted by Gasteiger charge is 2.16. The maximum absolute atomic E-state index is 14.6. The number of nitrogens with zero attached hydrogens (tertiary/aromatic N) is 2. The second-order valence-corrected chi connectivity index (χ2v) is 6.05. The van der Waals surface area contributed by atoms with E-state index < -0.39 is 0 Å². The maximum Gasteiger partial charge on any atom is 0.134 e. The summed E-state index contributed by atoms with van der Waals surface area (Å²) >= 11 is 0. The van der Waals surface area contributed by atoms with Crippen molar-refractivity contribution in [2.24, 2.45) is 0 Å². The maximum atomic E-state index is 14.6. The van der Waals surface area contributed by atoms with Gasteiger partial charge in [0.1, 0.15) is 5.82 Å². The normalized spacial score (nSPS) is 11.0. The van der Waals surface area contributed by atoms with Crippen LogP contribution in [0.2, 0.25) is 0 Å². The molecule has 3 rings (SSSR count). The van der Waals surface area contributed by atoms with Crippen LogP contribution in [-0.2, 0) is 6.54 Å². The zero-order valence-corrected chi connectivity index (χ0v) is 13.8. The van der Waals surface area contributed by atoms with Crippen LogP contribution in [0, 0.1) is 31.0 Å². The number of rotatable bonds is 4. The van der Waals surface area contributed by atoms with E-state index in [-0.39, 0.29) is 12.4 Å². The summed E-state index contributed by atoms with van der Waals surface area (Å²) in [5.41, 5.74) is 4.35. The molecule has 1 heterocycles. The molecule has 4 heteroatoms. The van der Waals surface area contributed by atoms with Crippen LogP contribution in [0.5, 0.6) is 0 Å². The van der Waals surface area contributed by atoms with Gasteiger partial charge in [-0.15, -0.1) is 0 Å². The van der Waals surface area contributed by atoms with E-state index in [0.29, 0.717) is 29.7 Å². The number of hydrogen-bond donors (Lipinski definition) is 1. The third kappa shape index (κ3) is 2.68. The van der Waals surface area contributed by atoms with E-state index in [2.05, 4.69) is 6.07 Å². The highest BCUT2D eigenvalue weighted by atomic mass is 19.1. The minimum absolute atomic E-state index is 0.100. The van der Waals surface area contributed by atoms with E-state index in [0.717, 1.165) is 22.0 Å². The Balaban J connectivity index is 2.31. The summed E-state index contributed by atoms with van der Waals surface area (Å²) in [6.07, 6.45) is 2.54.